The fourth-order valence-corrected chi connectivity index (χ4v) is 6.50. The lowest BCUT2D eigenvalue weighted by Crippen LogP contribution is -2.18. The summed E-state index contributed by atoms with van der Waals surface area (Å²) in [5.74, 6) is -1.25. The minimum Gasteiger partial charge on any atom is -0.459 e. The second-order valence-electron chi connectivity index (χ2n) is 10.2. The maximum absolute atomic E-state index is 14.2. The first-order chi connectivity index (χ1) is 19.6. The molecular weight excluding hydrogens is 553 g/mol. The molecule has 0 unspecified atom stereocenters. The number of carbonyl (C=O) groups is 2. The number of anilines is 1. The molecule has 0 atom stereocenters. The van der Waals surface area contributed by atoms with Crippen LogP contribution in [0.25, 0.3) is 27.7 Å². The van der Waals surface area contributed by atoms with E-state index in [4.69, 9.17) is 4.74 Å². The monoisotopic (exact) mass is 578 g/mol. The second kappa shape index (κ2) is 10.3. The molecule has 11 heteroatoms. The van der Waals surface area contributed by atoms with E-state index in [-0.39, 0.29) is 23.0 Å². The maximum Gasteiger partial charge on any atom is 0.433 e. The highest BCUT2D eigenvalue weighted by Crippen LogP contribution is 2.40. The van der Waals surface area contributed by atoms with Crippen LogP contribution in [-0.4, -0.2) is 32.6 Å². The Morgan fingerprint density at radius 3 is 2.61 bits per heavy atom. The Labute approximate surface area is 237 Å². The van der Waals surface area contributed by atoms with Gasteiger partial charge in [0.15, 0.2) is 11.3 Å². The third-order valence-electron chi connectivity index (χ3n) is 7.02. The number of halogens is 3. The van der Waals surface area contributed by atoms with Gasteiger partial charge in [-0.1, -0.05) is 42.5 Å². The highest BCUT2D eigenvalue weighted by molar-refractivity contribution is 7.17. The van der Waals surface area contributed by atoms with Gasteiger partial charge < -0.3 is 10.1 Å². The Balaban J connectivity index is 1.46. The molecule has 5 aromatic rings. The van der Waals surface area contributed by atoms with Crippen LogP contribution >= 0.6 is 11.3 Å². The van der Waals surface area contributed by atoms with Gasteiger partial charge in [-0.2, -0.15) is 18.3 Å². The minimum atomic E-state index is -4.76. The molecule has 0 saturated carbocycles. The minimum absolute atomic E-state index is 0.0592. The molecule has 1 N–H and O–H groups in total. The van der Waals surface area contributed by atoms with E-state index >= 15 is 0 Å². The number of esters is 1. The summed E-state index contributed by atoms with van der Waals surface area (Å²) in [5, 5.41) is 8.54. The van der Waals surface area contributed by atoms with Crippen LogP contribution < -0.4 is 5.32 Å². The first-order valence-corrected chi connectivity index (χ1v) is 14.0. The van der Waals surface area contributed by atoms with Crippen molar-refractivity contribution in [3.8, 4) is 11.3 Å². The van der Waals surface area contributed by atoms with Crippen LogP contribution in [0.2, 0.25) is 0 Å². The Morgan fingerprint density at radius 1 is 1.07 bits per heavy atom. The van der Waals surface area contributed by atoms with Crippen molar-refractivity contribution in [1.29, 1.82) is 0 Å². The molecule has 41 heavy (non-hydrogen) atoms. The molecule has 210 valence electrons. The molecule has 0 bridgehead atoms. The second-order valence-corrected chi connectivity index (χ2v) is 11.3. The summed E-state index contributed by atoms with van der Waals surface area (Å²) in [6.07, 6.45) is -0.712. The number of rotatable bonds is 5. The summed E-state index contributed by atoms with van der Waals surface area (Å²) < 4.78 is 48.8. The number of hydrogen-bond donors (Lipinski definition) is 1. The lowest BCUT2D eigenvalue weighted by molar-refractivity contribution is -0.142. The molecule has 7 nitrogen and oxygen atoms in total. The van der Waals surface area contributed by atoms with E-state index in [1.807, 2.05) is 24.3 Å². The Kier molecular flexibility index (Phi) is 6.77. The topological polar surface area (TPSA) is 85.6 Å². The van der Waals surface area contributed by atoms with Crippen molar-refractivity contribution >= 4 is 44.6 Å². The Morgan fingerprint density at radius 2 is 1.83 bits per heavy atom. The number of alkyl halides is 3. The van der Waals surface area contributed by atoms with Gasteiger partial charge in [-0.05, 0) is 61.9 Å². The lowest BCUT2D eigenvalue weighted by Gasteiger charge is -2.14. The van der Waals surface area contributed by atoms with Crippen molar-refractivity contribution in [2.75, 3.05) is 5.32 Å². The molecule has 0 fully saturated rings. The standard InChI is InChI=1S/C30H25F3N4O3S/c1-16(2)40-29(39)25-20-11-5-6-13-23(20)41-28(25)36-27(38)21-15-34-37-24(30(31,32)33)14-22(35-26(21)37)19-12-7-9-17-8-3-4-10-18(17)19/h3-4,7-10,12,14-16H,5-6,11,13H2,1-2H3,(H,36,38). The van der Waals surface area contributed by atoms with E-state index < -0.39 is 23.7 Å². The number of aryl methyl sites for hydroxylation is 1. The number of carbonyl (C=O) groups excluding carboxylic acids is 2. The van der Waals surface area contributed by atoms with Crippen LogP contribution in [0.3, 0.4) is 0 Å². The van der Waals surface area contributed by atoms with E-state index in [9.17, 15) is 22.8 Å². The average Bonchev–Trinajstić information content (AvgIpc) is 3.52. The molecule has 0 radical (unpaired) electrons. The zero-order valence-corrected chi connectivity index (χ0v) is 23.0. The lowest BCUT2D eigenvalue weighted by atomic mass is 9.95. The molecule has 1 aliphatic rings. The number of thiophene rings is 1. The number of amides is 1. The molecular formula is C30H25F3N4O3S. The number of hydrogen-bond acceptors (Lipinski definition) is 6. The number of nitrogens with zero attached hydrogens (tertiary/aromatic N) is 3. The van der Waals surface area contributed by atoms with Crippen LogP contribution in [0.5, 0.6) is 0 Å². The van der Waals surface area contributed by atoms with Gasteiger partial charge in [-0.3, -0.25) is 4.79 Å². The number of ether oxygens (including phenoxy) is 1. The highest BCUT2D eigenvalue weighted by Gasteiger charge is 2.36. The molecule has 0 aliphatic heterocycles. The SMILES string of the molecule is CC(C)OC(=O)c1c(NC(=O)c2cnn3c(C(F)(F)F)cc(-c4cccc5ccccc45)nc23)sc2c1CCCC2. The van der Waals surface area contributed by atoms with Crippen molar-refractivity contribution in [3.05, 3.63) is 82.0 Å². The number of nitrogens with one attached hydrogen (secondary N) is 1. The summed E-state index contributed by atoms with van der Waals surface area (Å²) in [4.78, 5) is 32.1. The van der Waals surface area contributed by atoms with Crippen LogP contribution in [0.1, 0.15) is 63.5 Å². The number of benzene rings is 2. The summed E-state index contributed by atoms with van der Waals surface area (Å²) in [7, 11) is 0. The molecule has 2 aromatic carbocycles. The summed E-state index contributed by atoms with van der Waals surface area (Å²) in [6.45, 7) is 3.48. The van der Waals surface area contributed by atoms with Crippen molar-refractivity contribution in [3.63, 3.8) is 0 Å². The van der Waals surface area contributed by atoms with E-state index in [2.05, 4.69) is 15.4 Å². The van der Waals surface area contributed by atoms with Gasteiger partial charge in [0.1, 0.15) is 10.6 Å². The average molecular weight is 579 g/mol. The molecule has 0 saturated heterocycles. The fourth-order valence-electron chi connectivity index (χ4n) is 5.23. The fraction of sp³-hybridized carbons (Fsp3) is 0.267. The highest BCUT2D eigenvalue weighted by atomic mass is 32.1. The normalized spacial score (nSPS) is 13.5. The van der Waals surface area contributed by atoms with Crippen molar-refractivity contribution in [1.82, 2.24) is 14.6 Å². The van der Waals surface area contributed by atoms with Crippen LogP contribution in [0, 0.1) is 0 Å². The quantitative estimate of drug-likeness (QED) is 0.221. The summed E-state index contributed by atoms with van der Waals surface area (Å²) in [5.41, 5.74) is 0.274. The first-order valence-electron chi connectivity index (χ1n) is 13.2. The van der Waals surface area contributed by atoms with Gasteiger partial charge in [-0.15, -0.1) is 11.3 Å². The van der Waals surface area contributed by atoms with Crippen molar-refractivity contribution in [2.24, 2.45) is 0 Å². The number of aromatic nitrogens is 3. The van der Waals surface area contributed by atoms with Crippen LogP contribution in [0.4, 0.5) is 18.2 Å². The van der Waals surface area contributed by atoms with Crippen LogP contribution in [0.15, 0.2) is 54.7 Å². The van der Waals surface area contributed by atoms with Gasteiger partial charge in [0, 0.05) is 10.4 Å². The van der Waals surface area contributed by atoms with Gasteiger partial charge >= 0.3 is 12.1 Å². The van der Waals surface area contributed by atoms with Crippen LogP contribution in [-0.2, 0) is 23.8 Å². The maximum atomic E-state index is 14.2. The predicted molar refractivity (Wildman–Crippen MR) is 150 cm³/mol. The summed E-state index contributed by atoms with van der Waals surface area (Å²) >= 11 is 1.30. The zero-order chi connectivity index (χ0) is 28.9. The van der Waals surface area contributed by atoms with E-state index in [0.717, 1.165) is 52.7 Å². The zero-order valence-electron chi connectivity index (χ0n) is 22.2. The smallest absolute Gasteiger partial charge is 0.433 e. The van der Waals surface area contributed by atoms with Gasteiger partial charge in [-0.25, -0.2) is 14.3 Å². The Hall–Kier alpha value is -4.25. The first kappa shape index (κ1) is 26.9. The third kappa shape index (κ3) is 4.94. The molecule has 1 amide bonds. The van der Waals surface area contributed by atoms with Gasteiger partial charge in [0.05, 0.1) is 23.6 Å². The molecule has 3 aromatic heterocycles. The summed E-state index contributed by atoms with van der Waals surface area (Å²) in [6, 6.07) is 13.6. The molecule has 3 heterocycles. The molecule has 6 rings (SSSR count). The number of fused-ring (bicyclic) bond motifs is 3. The third-order valence-corrected chi connectivity index (χ3v) is 8.22. The van der Waals surface area contributed by atoms with E-state index in [1.165, 1.54) is 11.3 Å². The van der Waals surface area contributed by atoms with E-state index in [1.54, 1.807) is 32.0 Å². The van der Waals surface area contributed by atoms with Crippen molar-refractivity contribution in [2.45, 2.75) is 51.8 Å². The predicted octanol–water partition coefficient (Wildman–Crippen LogP) is 7.33. The van der Waals surface area contributed by atoms with E-state index in [0.29, 0.717) is 27.1 Å². The van der Waals surface area contributed by atoms with Gasteiger partial charge in [0.2, 0.25) is 0 Å². The van der Waals surface area contributed by atoms with Crippen molar-refractivity contribution < 1.29 is 27.5 Å². The molecule has 0 spiro atoms. The van der Waals surface area contributed by atoms with Gasteiger partial charge in [0.25, 0.3) is 5.91 Å². The largest absolute Gasteiger partial charge is 0.459 e. The Bertz CT molecular complexity index is 1820. The molecule has 1 aliphatic carbocycles.